The van der Waals surface area contributed by atoms with Crippen molar-refractivity contribution in [1.29, 1.82) is 0 Å². The van der Waals surface area contributed by atoms with E-state index < -0.39 is 15.9 Å². The Kier molecular flexibility index (Phi) is 8.35. The molecule has 0 bridgehead atoms. The van der Waals surface area contributed by atoms with E-state index in [9.17, 15) is 18.0 Å². The van der Waals surface area contributed by atoms with Crippen molar-refractivity contribution in [3.8, 4) is 0 Å². The predicted octanol–water partition coefficient (Wildman–Crippen LogP) is 5.25. The van der Waals surface area contributed by atoms with Crippen LogP contribution in [0.2, 0.25) is 0 Å². The number of nitrogens with one attached hydrogen (secondary N) is 2. The lowest BCUT2D eigenvalue weighted by molar-refractivity contribution is 0.0959. The van der Waals surface area contributed by atoms with Gasteiger partial charge in [0.15, 0.2) is 0 Å². The van der Waals surface area contributed by atoms with Gasteiger partial charge in [0, 0.05) is 12.1 Å². The zero-order valence-corrected chi connectivity index (χ0v) is 21.4. The van der Waals surface area contributed by atoms with Crippen LogP contribution in [-0.2, 0) is 16.6 Å². The number of amides is 2. The van der Waals surface area contributed by atoms with E-state index in [2.05, 4.69) is 17.2 Å². The molecule has 38 heavy (non-hydrogen) atoms. The second kappa shape index (κ2) is 12.0. The lowest BCUT2D eigenvalue weighted by Gasteiger charge is -2.25. The summed E-state index contributed by atoms with van der Waals surface area (Å²) in [5.74, 6) is -0.714. The second-order valence-corrected chi connectivity index (χ2v) is 10.2. The summed E-state index contributed by atoms with van der Waals surface area (Å²) >= 11 is 0. The third-order valence-corrected chi connectivity index (χ3v) is 7.53. The van der Waals surface area contributed by atoms with Crippen molar-refractivity contribution in [3.63, 3.8) is 0 Å². The molecule has 0 saturated heterocycles. The molecule has 0 saturated carbocycles. The maximum atomic E-state index is 13.5. The smallest absolute Gasteiger partial charge is 0.264 e. The van der Waals surface area contributed by atoms with Crippen molar-refractivity contribution < 1.29 is 18.0 Å². The number of para-hydroxylation sites is 2. The average molecular weight is 526 g/mol. The van der Waals surface area contributed by atoms with E-state index in [1.807, 2.05) is 6.07 Å². The van der Waals surface area contributed by atoms with Crippen LogP contribution in [0.5, 0.6) is 0 Å². The molecule has 2 N–H and O–H groups in total. The highest BCUT2D eigenvalue weighted by molar-refractivity contribution is 7.92. The first-order valence-electron chi connectivity index (χ1n) is 11.9. The van der Waals surface area contributed by atoms with E-state index in [1.54, 1.807) is 109 Å². The SMILES string of the molecule is C=CCNC(=O)c1ccccc1NC(=O)c1ccc(CN(c2ccccc2)S(=O)(=O)c2ccccc2)cc1. The molecule has 0 aliphatic carbocycles. The van der Waals surface area contributed by atoms with Gasteiger partial charge in [-0.1, -0.05) is 66.7 Å². The second-order valence-electron chi connectivity index (χ2n) is 8.36. The summed E-state index contributed by atoms with van der Waals surface area (Å²) in [5, 5.41) is 5.49. The normalized spacial score (nSPS) is 10.8. The molecule has 0 fully saturated rings. The number of carbonyl (C=O) groups is 2. The molecule has 0 aromatic heterocycles. The highest BCUT2D eigenvalue weighted by atomic mass is 32.2. The quantitative estimate of drug-likeness (QED) is 0.277. The maximum Gasteiger partial charge on any atom is 0.264 e. The van der Waals surface area contributed by atoms with Crippen LogP contribution in [-0.4, -0.2) is 26.8 Å². The van der Waals surface area contributed by atoms with Gasteiger partial charge in [0.05, 0.1) is 28.4 Å². The molecule has 0 atom stereocenters. The molecule has 192 valence electrons. The van der Waals surface area contributed by atoms with Gasteiger partial charge in [-0.25, -0.2) is 8.42 Å². The largest absolute Gasteiger partial charge is 0.349 e. The molecular formula is C30H27N3O4S. The first kappa shape index (κ1) is 26.4. The summed E-state index contributed by atoms with van der Waals surface area (Å²) in [7, 11) is -3.83. The molecule has 4 aromatic rings. The fourth-order valence-electron chi connectivity index (χ4n) is 3.80. The standard InChI is InChI=1S/C30H27N3O4S/c1-2-21-31-30(35)27-15-9-10-16-28(27)32-29(34)24-19-17-23(18-20-24)22-33(25-11-5-3-6-12-25)38(36,37)26-13-7-4-8-14-26/h2-20H,1,21-22H2,(H,31,35)(H,32,34). The van der Waals surface area contributed by atoms with Crippen molar-refractivity contribution in [2.24, 2.45) is 0 Å². The third kappa shape index (κ3) is 6.16. The van der Waals surface area contributed by atoms with Crippen molar-refractivity contribution in [3.05, 3.63) is 139 Å². The van der Waals surface area contributed by atoms with Crippen molar-refractivity contribution in [2.45, 2.75) is 11.4 Å². The number of hydrogen-bond donors (Lipinski definition) is 2. The summed E-state index contributed by atoms with van der Waals surface area (Å²) in [6, 6.07) is 30.6. The Hall–Kier alpha value is -4.69. The Morgan fingerprint density at radius 3 is 2.03 bits per heavy atom. The molecule has 8 heteroatoms. The summed E-state index contributed by atoms with van der Waals surface area (Å²) in [6.07, 6.45) is 1.57. The molecular weight excluding hydrogens is 498 g/mol. The van der Waals surface area contributed by atoms with Gasteiger partial charge in [0.2, 0.25) is 0 Å². The molecule has 0 aliphatic heterocycles. The summed E-state index contributed by atoms with van der Waals surface area (Å²) < 4.78 is 28.3. The number of nitrogens with zero attached hydrogens (tertiary/aromatic N) is 1. The number of rotatable bonds is 10. The number of benzene rings is 4. The van der Waals surface area contributed by atoms with Gasteiger partial charge in [-0.15, -0.1) is 6.58 Å². The maximum absolute atomic E-state index is 13.5. The van der Waals surface area contributed by atoms with Crippen molar-refractivity contribution >= 4 is 33.2 Å². The van der Waals surface area contributed by atoms with Gasteiger partial charge in [0.1, 0.15) is 0 Å². The van der Waals surface area contributed by atoms with Crippen LogP contribution in [0.15, 0.2) is 127 Å². The topological polar surface area (TPSA) is 95.6 Å². The van der Waals surface area contributed by atoms with Gasteiger partial charge in [0.25, 0.3) is 21.8 Å². The van der Waals surface area contributed by atoms with Crippen LogP contribution in [0.25, 0.3) is 0 Å². The van der Waals surface area contributed by atoms with Crippen LogP contribution < -0.4 is 14.9 Å². The van der Waals surface area contributed by atoms with E-state index in [0.29, 0.717) is 34.6 Å². The summed E-state index contributed by atoms with van der Waals surface area (Å²) in [5.41, 5.74) is 2.32. The molecule has 2 amide bonds. The minimum atomic E-state index is -3.83. The molecule has 4 aromatic carbocycles. The van der Waals surface area contributed by atoms with Gasteiger partial charge in [-0.2, -0.15) is 0 Å². The van der Waals surface area contributed by atoms with Gasteiger partial charge in [-0.05, 0) is 54.1 Å². The molecule has 0 radical (unpaired) electrons. The highest BCUT2D eigenvalue weighted by Gasteiger charge is 2.25. The van der Waals surface area contributed by atoms with Gasteiger partial charge >= 0.3 is 0 Å². The Morgan fingerprint density at radius 2 is 1.37 bits per heavy atom. The highest BCUT2D eigenvalue weighted by Crippen LogP contribution is 2.26. The lowest BCUT2D eigenvalue weighted by Crippen LogP contribution is -2.30. The van der Waals surface area contributed by atoms with E-state index >= 15 is 0 Å². The number of anilines is 2. The third-order valence-electron chi connectivity index (χ3n) is 5.74. The Bertz CT molecular complexity index is 1520. The summed E-state index contributed by atoms with van der Waals surface area (Å²) in [4.78, 5) is 25.6. The first-order chi connectivity index (χ1) is 18.4. The van der Waals surface area contributed by atoms with E-state index in [0.717, 1.165) is 0 Å². The van der Waals surface area contributed by atoms with Crippen molar-refractivity contribution in [2.75, 3.05) is 16.2 Å². The number of carbonyl (C=O) groups excluding carboxylic acids is 2. The average Bonchev–Trinajstić information content (AvgIpc) is 2.96. The number of sulfonamides is 1. The van der Waals surface area contributed by atoms with Crippen molar-refractivity contribution in [1.82, 2.24) is 5.32 Å². The Labute approximate surface area is 222 Å². The minimum absolute atomic E-state index is 0.0788. The van der Waals surface area contributed by atoms with E-state index in [1.165, 1.54) is 4.31 Å². The lowest BCUT2D eigenvalue weighted by atomic mass is 10.1. The van der Waals surface area contributed by atoms with E-state index in [-0.39, 0.29) is 17.3 Å². The zero-order chi connectivity index (χ0) is 27.0. The van der Waals surface area contributed by atoms with Crippen LogP contribution >= 0.6 is 0 Å². The molecule has 0 heterocycles. The van der Waals surface area contributed by atoms with Gasteiger partial charge in [-0.3, -0.25) is 13.9 Å². The molecule has 7 nitrogen and oxygen atoms in total. The minimum Gasteiger partial charge on any atom is -0.349 e. The fraction of sp³-hybridized carbons (Fsp3) is 0.0667. The monoisotopic (exact) mass is 525 g/mol. The van der Waals surface area contributed by atoms with Crippen LogP contribution in [0, 0.1) is 0 Å². The Balaban J connectivity index is 1.54. The number of hydrogen-bond acceptors (Lipinski definition) is 4. The fourth-order valence-corrected chi connectivity index (χ4v) is 5.27. The Morgan fingerprint density at radius 1 is 0.763 bits per heavy atom. The predicted molar refractivity (Wildman–Crippen MR) is 150 cm³/mol. The van der Waals surface area contributed by atoms with Crippen LogP contribution in [0.4, 0.5) is 11.4 Å². The van der Waals surface area contributed by atoms with Gasteiger partial charge < -0.3 is 10.6 Å². The van der Waals surface area contributed by atoms with Crippen LogP contribution in [0.3, 0.4) is 0 Å². The zero-order valence-electron chi connectivity index (χ0n) is 20.6. The van der Waals surface area contributed by atoms with E-state index in [4.69, 9.17) is 0 Å². The summed E-state index contributed by atoms with van der Waals surface area (Å²) in [6.45, 7) is 3.97. The van der Waals surface area contributed by atoms with Crippen LogP contribution in [0.1, 0.15) is 26.3 Å². The molecule has 0 spiro atoms. The molecule has 0 aliphatic rings. The molecule has 4 rings (SSSR count). The first-order valence-corrected chi connectivity index (χ1v) is 13.4. The molecule has 0 unspecified atom stereocenters.